The molecule has 0 saturated carbocycles. The first kappa shape index (κ1) is 12.2. The van der Waals surface area contributed by atoms with E-state index in [2.05, 4.69) is 5.10 Å². The van der Waals surface area contributed by atoms with Crippen molar-refractivity contribution in [3.8, 4) is 11.4 Å². The first-order valence-corrected chi connectivity index (χ1v) is 5.48. The zero-order valence-electron chi connectivity index (χ0n) is 10.5. The molecule has 2 aromatic rings. The molecule has 0 fully saturated rings. The number of hydrogen-bond acceptors (Lipinski definition) is 3. The molecule has 5 heteroatoms. The normalized spacial score (nSPS) is 10.4. The predicted octanol–water partition coefficient (Wildman–Crippen LogP) is 2.20. The highest BCUT2D eigenvalue weighted by Crippen LogP contribution is 2.22. The number of carboxylic acids is 1. The molecule has 94 valence electrons. The summed E-state index contributed by atoms with van der Waals surface area (Å²) in [6.07, 6.45) is 0. The molecule has 1 heterocycles. The summed E-state index contributed by atoms with van der Waals surface area (Å²) in [5.41, 5.74) is 2.62. The van der Waals surface area contributed by atoms with Gasteiger partial charge in [0.25, 0.3) is 0 Å². The van der Waals surface area contributed by atoms with Crippen molar-refractivity contribution in [1.82, 2.24) is 9.78 Å². The van der Waals surface area contributed by atoms with Gasteiger partial charge in [0.1, 0.15) is 5.75 Å². The van der Waals surface area contributed by atoms with Gasteiger partial charge in [0, 0.05) is 11.8 Å². The number of methoxy groups -OCH3 is 1. The number of rotatable bonds is 3. The fraction of sp³-hybridized carbons (Fsp3) is 0.231. The molecule has 5 nitrogen and oxygen atoms in total. The lowest BCUT2D eigenvalue weighted by Crippen LogP contribution is -2.04. The van der Waals surface area contributed by atoms with Crippen molar-refractivity contribution in [2.24, 2.45) is 0 Å². The van der Waals surface area contributed by atoms with Crippen LogP contribution in [0, 0.1) is 13.8 Å². The van der Waals surface area contributed by atoms with E-state index in [-0.39, 0.29) is 5.69 Å². The number of nitrogens with zero attached hydrogens (tertiary/aromatic N) is 2. The fourth-order valence-corrected chi connectivity index (χ4v) is 1.77. The van der Waals surface area contributed by atoms with Gasteiger partial charge in [-0.2, -0.15) is 5.10 Å². The van der Waals surface area contributed by atoms with Gasteiger partial charge in [-0.05, 0) is 31.5 Å². The predicted molar refractivity (Wildman–Crippen MR) is 66.5 cm³/mol. The molecule has 0 spiro atoms. The second-order valence-electron chi connectivity index (χ2n) is 4.04. The molecule has 0 amide bonds. The molecule has 1 N–H and O–H groups in total. The molecule has 18 heavy (non-hydrogen) atoms. The zero-order valence-corrected chi connectivity index (χ0v) is 10.5. The second-order valence-corrected chi connectivity index (χ2v) is 4.04. The molecule has 0 saturated heterocycles. The Hall–Kier alpha value is -2.30. The molecule has 0 atom stereocenters. The Bertz CT molecular complexity index is 602. The Kier molecular flexibility index (Phi) is 3.06. The quantitative estimate of drug-likeness (QED) is 0.901. The number of carbonyl (C=O) groups is 1. The third-order valence-corrected chi connectivity index (χ3v) is 2.75. The van der Waals surface area contributed by atoms with Gasteiger partial charge < -0.3 is 9.84 Å². The average molecular weight is 246 g/mol. The number of aromatic nitrogens is 2. The topological polar surface area (TPSA) is 64.4 Å². The fourth-order valence-electron chi connectivity index (χ4n) is 1.77. The molecular formula is C13H14N2O3. The first-order chi connectivity index (χ1) is 8.52. The van der Waals surface area contributed by atoms with Crippen LogP contribution in [0.25, 0.3) is 5.69 Å². The smallest absolute Gasteiger partial charge is 0.356 e. The maximum absolute atomic E-state index is 10.9. The molecular weight excluding hydrogens is 232 g/mol. The molecule has 0 bridgehead atoms. The van der Waals surface area contributed by atoms with Crippen molar-refractivity contribution in [2.75, 3.05) is 7.11 Å². The molecule has 0 aliphatic carbocycles. The van der Waals surface area contributed by atoms with Gasteiger partial charge in [0.05, 0.1) is 12.8 Å². The maximum atomic E-state index is 10.9. The summed E-state index contributed by atoms with van der Waals surface area (Å²) in [7, 11) is 1.59. The van der Waals surface area contributed by atoms with Gasteiger partial charge in [-0.25, -0.2) is 9.48 Å². The Labute approximate surface area is 105 Å². The minimum atomic E-state index is -1.03. The van der Waals surface area contributed by atoms with Crippen LogP contribution >= 0.6 is 0 Å². The first-order valence-electron chi connectivity index (χ1n) is 5.48. The van der Waals surface area contributed by atoms with E-state index in [1.165, 1.54) is 0 Å². The summed E-state index contributed by atoms with van der Waals surface area (Å²) < 4.78 is 6.78. The van der Waals surface area contributed by atoms with Crippen molar-refractivity contribution in [1.29, 1.82) is 0 Å². The lowest BCUT2D eigenvalue weighted by atomic mass is 10.2. The van der Waals surface area contributed by atoms with E-state index in [1.54, 1.807) is 17.9 Å². The number of carboxylic acid groups (broad SMARTS) is 1. The number of aryl methyl sites for hydroxylation is 2. The van der Waals surface area contributed by atoms with Gasteiger partial charge in [0.15, 0.2) is 5.69 Å². The molecule has 0 radical (unpaired) electrons. The molecule has 1 aromatic heterocycles. The monoisotopic (exact) mass is 246 g/mol. The van der Waals surface area contributed by atoms with Gasteiger partial charge in [-0.3, -0.25) is 0 Å². The molecule has 0 unspecified atom stereocenters. The number of benzene rings is 1. The van der Waals surface area contributed by atoms with Crippen molar-refractivity contribution >= 4 is 5.97 Å². The van der Waals surface area contributed by atoms with E-state index in [0.29, 0.717) is 5.75 Å². The van der Waals surface area contributed by atoms with Crippen LogP contribution in [0.2, 0.25) is 0 Å². The van der Waals surface area contributed by atoms with E-state index in [0.717, 1.165) is 16.9 Å². The van der Waals surface area contributed by atoms with Crippen LogP contribution in [0.4, 0.5) is 0 Å². The molecule has 0 aliphatic heterocycles. The van der Waals surface area contributed by atoms with Crippen molar-refractivity contribution in [3.63, 3.8) is 0 Å². The van der Waals surface area contributed by atoms with Gasteiger partial charge in [-0.15, -0.1) is 0 Å². The van der Waals surface area contributed by atoms with Crippen molar-refractivity contribution in [2.45, 2.75) is 13.8 Å². The van der Waals surface area contributed by atoms with Crippen LogP contribution in [0.3, 0.4) is 0 Å². The van der Waals surface area contributed by atoms with Crippen LogP contribution in [-0.2, 0) is 0 Å². The van der Waals surface area contributed by atoms with E-state index >= 15 is 0 Å². The Balaban J connectivity index is 2.57. The average Bonchev–Trinajstić information content (AvgIpc) is 2.72. The van der Waals surface area contributed by atoms with Crippen LogP contribution in [0.5, 0.6) is 5.75 Å². The van der Waals surface area contributed by atoms with E-state index < -0.39 is 5.97 Å². The standard InChI is InChI=1S/C13H14N2O3/c1-8-4-5-10(18-3)7-12(8)15-9(2)6-11(14-15)13(16)17/h4-7H,1-3H3,(H,16,17). The summed E-state index contributed by atoms with van der Waals surface area (Å²) in [6, 6.07) is 7.15. The van der Waals surface area contributed by atoms with Crippen molar-refractivity contribution in [3.05, 3.63) is 41.2 Å². The van der Waals surface area contributed by atoms with Gasteiger partial charge >= 0.3 is 5.97 Å². The third kappa shape index (κ3) is 2.07. The maximum Gasteiger partial charge on any atom is 0.356 e. The van der Waals surface area contributed by atoms with E-state index in [4.69, 9.17) is 9.84 Å². The highest BCUT2D eigenvalue weighted by Gasteiger charge is 2.13. The Morgan fingerprint density at radius 1 is 1.33 bits per heavy atom. The summed E-state index contributed by atoms with van der Waals surface area (Å²) in [6.45, 7) is 3.76. The lowest BCUT2D eigenvalue weighted by Gasteiger charge is -2.09. The summed E-state index contributed by atoms with van der Waals surface area (Å²) >= 11 is 0. The van der Waals surface area contributed by atoms with Gasteiger partial charge in [-0.1, -0.05) is 6.07 Å². The summed E-state index contributed by atoms with van der Waals surface area (Å²) in [5, 5.41) is 13.0. The highest BCUT2D eigenvalue weighted by atomic mass is 16.5. The van der Waals surface area contributed by atoms with Crippen molar-refractivity contribution < 1.29 is 14.6 Å². The minimum Gasteiger partial charge on any atom is -0.497 e. The molecule has 2 rings (SSSR count). The van der Waals surface area contributed by atoms with Crippen LogP contribution in [-0.4, -0.2) is 28.0 Å². The summed E-state index contributed by atoms with van der Waals surface area (Å²) in [4.78, 5) is 10.9. The molecule has 1 aromatic carbocycles. The largest absolute Gasteiger partial charge is 0.497 e. The third-order valence-electron chi connectivity index (χ3n) is 2.75. The highest BCUT2D eigenvalue weighted by molar-refractivity contribution is 5.85. The van der Waals surface area contributed by atoms with E-state index in [1.807, 2.05) is 32.0 Å². The zero-order chi connectivity index (χ0) is 13.3. The SMILES string of the molecule is COc1ccc(C)c(-n2nc(C(=O)O)cc2C)c1. The minimum absolute atomic E-state index is 0.0368. The number of ether oxygens (including phenoxy) is 1. The van der Waals surface area contributed by atoms with Crippen LogP contribution in [0.15, 0.2) is 24.3 Å². The Morgan fingerprint density at radius 3 is 2.61 bits per heavy atom. The van der Waals surface area contributed by atoms with Gasteiger partial charge in [0.2, 0.25) is 0 Å². The number of aromatic carboxylic acids is 1. The second kappa shape index (κ2) is 4.52. The number of hydrogen-bond donors (Lipinski definition) is 1. The summed E-state index contributed by atoms with van der Waals surface area (Å²) in [5.74, 6) is -0.320. The Morgan fingerprint density at radius 2 is 2.06 bits per heavy atom. The lowest BCUT2D eigenvalue weighted by molar-refractivity contribution is 0.0690. The molecule has 0 aliphatic rings. The van der Waals surface area contributed by atoms with E-state index in [9.17, 15) is 4.79 Å². The van der Waals surface area contributed by atoms with Crippen LogP contribution in [0.1, 0.15) is 21.7 Å². The van der Waals surface area contributed by atoms with Crippen LogP contribution < -0.4 is 4.74 Å².